The second-order valence-electron chi connectivity index (χ2n) is 9.72. The van der Waals surface area contributed by atoms with Gasteiger partial charge in [-0.25, -0.2) is 8.42 Å². The first kappa shape index (κ1) is 25.7. The van der Waals surface area contributed by atoms with Gasteiger partial charge in [-0.1, -0.05) is 122 Å². The Bertz CT molecular complexity index is 1600. The van der Waals surface area contributed by atoms with Gasteiger partial charge in [-0.05, 0) is 42.2 Å². The molecule has 0 atom stereocenters. The molecule has 0 saturated heterocycles. The number of aryl methyl sites for hydroxylation is 1. The lowest BCUT2D eigenvalue weighted by molar-refractivity contribution is 0.594. The van der Waals surface area contributed by atoms with Gasteiger partial charge in [-0.2, -0.15) is 0 Å². The Kier molecular flexibility index (Phi) is 7.62. The Morgan fingerprint density at radius 2 is 1.24 bits per heavy atom. The van der Waals surface area contributed by atoms with Crippen molar-refractivity contribution in [3.8, 4) is 22.4 Å². The summed E-state index contributed by atoms with van der Waals surface area (Å²) in [6.45, 7) is 4.89. The molecule has 0 unspecified atom stereocenters. The maximum Gasteiger partial charge on any atom is 0.209 e. The first-order valence-corrected chi connectivity index (χ1v) is 14.7. The Balaban J connectivity index is 1.91. The van der Waals surface area contributed by atoms with Crippen molar-refractivity contribution in [3.05, 3.63) is 132 Å². The fraction of sp³-hybridized carbons (Fsp3) is 0.176. The van der Waals surface area contributed by atoms with Gasteiger partial charge in [0, 0.05) is 24.2 Å². The molecule has 5 rings (SSSR count). The van der Waals surface area contributed by atoms with Crippen LogP contribution in [0.5, 0.6) is 0 Å². The van der Waals surface area contributed by atoms with Gasteiger partial charge in [-0.3, -0.25) is 0 Å². The molecular formula is C34H33NO2S. The van der Waals surface area contributed by atoms with Crippen molar-refractivity contribution in [2.75, 3.05) is 0 Å². The molecular weight excluding hydrogens is 486 g/mol. The van der Waals surface area contributed by atoms with E-state index in [4.69, 9.17) is 0 Å². The van der Waals surface area contributed by atoms with Gasteiger partial charge < -0.3 is 4.57 Å². The van der Waals surface area contributed by atoms with Crippen LogP contribution in [-0.2, 0) is 22.8 Å². The second-order valence-corrected chi connectivity index (χ2v) is 11.6. The number of hydrogen-bond acceptors (Lipinski definition) is 2. The van der Waals surface area contributed by atoms with E-state index in [-0.39, 0.29) is 0 Å². The van der Waals surface area contributed by atoms with Gasteiger partial charge in [0.1, 0.15) is 4.90 Å². The molecule has 1 heterocycles. The number of benzene rings is 4. The Hall–Kier alpha value is -3.89. The molecule has 4 aromatic carbocycles. The maximum atomic E-state index is 14.6. The summed E-state index contributed by atoms with van der Waals surface area (Å²) in [6.07, 6.45) is 2.60. The number of aromatic nitrogens is 1. The molecule has 0 spiro atoms. The first-order valence-electron chi connectivity index (χ1n) is 13.2. The van der Waals surface area contributed by atoms with E-state index in [0.29, 0.717) is 16.2 Å². The van der Waals surface area contributed by atoms with E-state index < -0.39 is 9.84 Å². The quantitative estimate of drug-likeness (QED) is 0.196. The molecule has 38 heavy (non-hydrogen) atoms. The van der Waals surface area contributed by atoms with E-state index >= 15 is 0 Å². The zero-order valence-corrected chi connectivity index (χ0v) is 22.8. The average Bonchev–Trinajstić information content (AvgIpc) is 3.28. The highest BCUT2D eigenvalue weighted by molar-refractivity contribution is 7.91. The maximum absolute atomic E-state index is 14.6. The van der Waals surface area contributed by atoms with Crippen LogP contribution in [-0.4, -0.2) is 13.0 Å². The minimum Gasteiger partial charge on any atom is -0.343 e. The van der Waals surface area contributed by atoms with Gasteiger partial charge >= 0.3 is 0 Å². The van der Waals surface area contributed by atoms with Crippen LogP contribution in [0, 0.1) is 6.92 Å². The molecule has 0 saturated carbocycles. The third-order valence-electron chi connectivity index (χ3n) is 6.99. The number of rotatable bonds is 9. The summed E-state index contributed by atoms with van der Waals surface area (Å²) in [5.74, 6) is 0. The van der Waals surface area contributed by atoms with Crippen molar-refractivity contribution >= 4 is 9.84 Å². The van der Waals surface area contributed by atoms with Crippen LogP contribution in [0.4, 0.5) is 0 Å². The monoisotopic (exact) mass is 519 g/mol. The van der Waals surface area contributed by atoms with E-state index in [1.54, 1.807) is 12.1 Å². The SMILES string of the molecule is CCCCn1c(Cc2ccccc2)c(-c2ccccc2)c(S(=O)(=O)c2ccc(C)cc2)c1-c1ccccc1. The van der Waals surface area contributed by atoms with Crippen LogP contribution in [0.2, 0.25) is 0 Å². The summed E-state index contributed by atoms with van der Waals surface area (Å²) in [7, 11) is -3.85. The molecule has 0 bridgehead atoms. The van der Waals surface area contributed by atoms with Crippen LogP contribution >= 0.6 is 0 Å². The first-order chi connectivity index (χ1) is 18.5. The zero-order chi connectivity index (χ0) is 26.5. The van der Waals surface area contributed by atoms with Crippen molar-refractivity contribution in [2.24, 2.45) is 0 Å². The van der Waals surface area contributed by atoms with Crippen molar-refractivity contribution in [1.82, 2.24) is 4.57 Å². The van der Waals surface area contributed by atoms with Crippen LogP contribution in [0.3, 0.4) is 0 Å². The Labute approximate surface area is 226 Å². The summed E-state index contributed by atoms with van der Waals surface area (Å²) < 4.78 is 31.5. The van der Waals surface area contributed by atoms with Gasteiger partial charge in [0.2, 0.25) is 9.84 Å². The highest BCUT2D eigenvalue weighted by Crippen LogP contribution is 2.44. The van der Waals surface area contributed by atoms with E-state index in [1.807, 2.05) is 97.9 Å². The normalized spacial score (nSPS) is 11.5. The fourth-order valence-electron chi connectivity index (χ4n) is 5.06. The van der Waals surface area contributed by atoms with E-state index in [9.17, 15) is 8.42 Å². The van der Waals surface area contributed by atoms with E-state index in [2.05, 4.69) is 23.6 Å². The summed E-state index contributed by atoms with van der Waals surface area (Å²) in [4.78, 5) is 0.706. The fourth-order valence-corrected chi connectivity index (χ4v) is 6.78. The van der Waals surface area contributed by atoms with Crippen LogP contribution in [0.1, 0.15) is 36.6 Å². The van der Waals surface area contributed by atoms with Crippen LogP contribution < -0.4 is 0 Å². The molecule has 0 fully saturated rings. The lowest BCUT2D eigenvalue weighted by Gasteiger charge is -2.15. The van der Waals surface area contributed by atoms with Crippen molar-refractivity contribution in [1.29, 1.82) is 0 Å². The molecule has 3 nitrogen and oxygen atoms in total. The molecule has 0 radical (unpaired) electrons. The Morgan fingerprint density at radius 1 is 0.684 bits per heavy atom. The predicted octanol–water partition coefficient (Wildman–Crippen LogP) is 8.35. The number of nitrogens with zero attached hydrogens (tertiary/aromatic N) is 1. The molecule has 0 aliphatic carbocycles. The van der Waals surface area contributed by atoms with Gasteiger partial charge in [0.25, 0.3) is 0 Å². The van der Waals surface area contributed by atoms with Crippen LogP contribution in [0.25, 0.3) is 22.4 Å². The largest absolute Gasteiger partial charge is 0.343 e. The topological polar surface area (TPSA) is 39.1 Å². The highest BCUT2D eigenvalue weighted by Gasteiger charge is 2.33. The summed E-state index contributed by atoms with van der Waals surface area (Å²) >= 11 is 0. The molecule has 0 aliphatic rings. The van der Waals surface area contributed by atoms with Gasteiger partial charge in [0.05, 0.1) is 10.6 Å². The Morgan fingerprint density at radius 3 is 1.82 bits per heavy atom. The predicted molar refractivity (Wildman–Crippen MR) is 156 cm³/mol. The minimum absolute atomic E-state index is 0.316. The highest BCUT2D eigenvalue weighted by atomic mass is 32.2. The smallest absolute Gasteiger partial charge is 0.209 e. The number of unbranched alkanes of at least 4 members (excludes halogenated alkanes) is 1. The molecule has 4 heteroatoms. The average molecular weight is 520 g/mol. The molecule has 0 aliphatic heterocycles. The van der Waals surface area contributed by atoms with Gasteiger partial charge in [-0.15, -0.1) is 0 Å². The van der Waals surface area contributed by atoms with Crippen molar-refractivity contribution in [3.63, 3.8) is 0 Å². The molecule has 0 amide bonds. The lowest BCUT2D eigenvalue weighted by Crippen LogP contribution is -2.08. The van der Waals surface area contributed by atoms with E-state index in [1.165, 1.54) is 0 Å². The number of hydrogen-bond donors (Lipinski definition) is 0. The standard InChI is InChI=1S/C34H33NO2S/c1-3-4-24-35-31(25-27-14-8-5-9-15-27)32(28-16-10-6-11-17-28)34(33(35)29-18-12-7-13-19-29)38(36,37)30-22-20-26(2)21-23-30/h5-23H,3-4,24-25H2,1-2H3. The molecule has 1 aromatic heterocycles. The van der Waals surface area contributed by atoms with Crippen LogP contribution in [0.15, 0.2) is 125 Å². The third-order valence-corrected chi connectivity index (χ3v) is 8.81. The second kappa shape index (κ2) is 11.2. The zero-order valence-electron chi connectivity index (χ0n) is 22.0. The van der Waals surface area contributed by atoms with Crippen molar-refractivity contribution < 1.29 is 8.42 Å². The summed E-state index contributed by atoms with van der Waals surface area (Å²) in [6, 6.07) is 37.5. The van der Waals surface area contributed by atoms with E-state index in [0.717, 1.165) is 58.6 Å². The molecule has 0 N–H and O–H groups in total. The van der Waals surface area contributed by atoms with Crippen molar-refractivity contribution in [2.45, 2.75) is 49.4 Å². The molecule has 192 valence electrons. The summed E-state index contributed by atoms with van der Waals surface area (Å²) in [5, 5.41) is 0. The summed E-state index contributed by atoms with van der Waals surface area (Å²) in [5.41, 5.74) is 6.59. The minimum atomic E-state index is -3.85. The van der Waals surface area contributed by atoms with Gasteiger partial charge in [0.15, 0.2) is 0 Å². The lowest BCUT2D eigenvalue weighted by atomic mass is 10.0. The third kappa shape index (κ3) is 5.09. The number of sulfone groups is 1. The molecule has 5 aromatic rings.